The van der Waals surface area contributed by atoms with Crippen molar-refractivity contribution in [3.05, 3.63) is 0 Å². The number of hydrogen-bond acceptors (Lipinski definition) is 3. The molecule has 2 unspecified atom stereocenters. The summed E-state index contributed by atoms with van der Waals surface area (Å²) in [5, 5.41) is 0. The zero-order chi connectivity index (χ0) is 13.5. The monoisotopic (exact) mass is 268 g/mol. The van der Waals surface area contributed by atoms with Crippen molar-refractivity contribution in [3.63, 3.8) is 0 Å². The van der Waals surface area contributed by atoms with Crippen molar-refractivity contribution in [1.82, 2.24) is 5.43 Å². The Hall–Kier alpha value is -0.120. The summed E-state index contributed by atoms with van der Waals surface area (Å²) in [6, 6.07) is 0.353. The highest BCUT2D eigenvalue weighted by Crippen LogP contribution is 2.34. The maximum atomic E-state index is 5.91. The SMILES string of the molecule is COC(C1CCCCC1)C(NN)C1CCCCCC1. The summed E-state index contributed by atoms with van der Waals surface area (Å²) in [4.78, 5) is 0. The third kappa shape index (κ3) is 4.17. The predicted molar refractivity (Wildman–Crippen MR) is 79.7 cm³/mol. The fourth-order valence-electron chi connectivity index (χ4n) is 4.26. The maximum absolute atomic E-state index is 5.91. The standard InChI is InChI=1S/C16H32N2O/c1-19-16(14-11-7-4-8-12-14)15(18-17)13-9-5-2-3-6-10-13/h13-16,18H,2-12,17H2,1H3. The van der Waals surface area contributed by atoms with E-state index >= 15 is 0 Å². The van der Waals surface area contributed by atoms with Crippen LogP contribution in [0, 0.1) is 11.8 Å². The largest absolute Gasteiger partial charge is 0.379 e. The Kier molecular flexibility index (Phi) is 6.62. The van der Waals surface area contributed by atoms with E-state index in [-0.39, 0.29) is 0 Å². The molecule has 3 nitrogen and oxygen atoms in total. The first kappa shape index (κ1) is 15.3. The Morgan fingerprint density at radius 3 is 1.79 bits per heavy atom. The maximum Gasteiger partial charge on any atom is 0.0768 e. The van der Waals surface area contributed by atoms with Crippen LogP contribution < -0.4 is 11.3 Å². The summed E-state index contributed by atoms with van der Waals surface area (Å²) in [7, 11) is 1.88. The first-order chi connectivity index (χ1) is 9.36. The molecular formula is C16H32N2O. The van der Waals surface area contributed by atoms with E-state index < -0.39 is 0 Å². The quantitative estimate of drug-likeness (QED) is 0.456. The molecule has 0 amide bonds. The molecule has 0 heterocycles. The second-order valence-corrected chi connectivity index (χ2v) is 6.54. The Morgan fingerprint density at radius 2 is 1.32 bits per heavy atom. The van der Waals surface area contributed by atoms with Gasteiger partial charge in [0.05, 0.1) is 12.1 Å². The molecule has 2 aliphatic rings. The van der Waals surface area contributed by atoms with Crippen molar-refractivity contribution in [1.29, 1.82) is 0 Å². The molecule has 0 spiro atoms. The van der Waals surface area contributed by atoms with Crippen LogP contribution in [-0.4, -0.2) is 19.3 Å². The van der Waals surface area contributed by atoms with E-state index in [1.165, 1.54) is 70.6 Å². The average Bonchev–Trinajstić information content (AvgIpc) is 2.74. The minimum Gasteiger partial charge on any atom is -0.379 e. The molecule has 2 saturated carbocycles. The first-order valence-corrected chi connectivity index (χ1v) is 8.35. The van der Waals surface area contributed by atoms with Gasteiger partial charge in [0.25, 0.3) is 0 Å². The van der Waals surface area contributed by atoms with E-state index in [0.29, 0.717) is 24.0 Å². The molecule has 19 heavy (non-hydrogen) atoms. The van der Waals surface area contributed by atoms with E-state index in [1.807, 2.05) is 7.11 Å². The lowest BCUT2D eigenvalue weighted by Gasteiger charge is -2.38. The lowest BCUT2D eigenvalue weighted by Crippen LogP contribution is -2.52. The molecular weight excluding hydrogens is 236 g/mol. The molecule has 0 bridgehead atoms. The van der Waals surface area contributed by atoms with Gasteiger partial charge in [-0.3, -0.25) is 11.3 Å². The Bertz CT molecular complexity index is 233. The van der Waals surface area contributed by atoms with Crippen molar-refractivity contribution in [2.45, 2.75) is 82.8 Å². The van der Waals surface area contributed by atoms with Gasteiger partial charge in [-0.2, -0.15) is 0 Å². The number of nitrogens with one attached hydrogen (secondary N) is 1. The molecule has 2 aliphatic carbocycles. The number of nitrogens with two attached hydrogens (primary N) is 1. The number of methoxy groups -OCH3 is 1. The predicted octanol–water partition coefficient (Wildman–Crippen LogP) is 3.38. The highest BCUT2D eigenvalue weighted by atomic mass is 16.5. The molecule has 2 fully saturated rings. The van der Waals surface area contributed by atoms with Crippen LogP contribution in [0.2, 0.25) is 0 Å². The Balaban J connectivity index is 1.99. The normalized spacial score (nSPS) is 26.8. The van der Waals surface area contributed by atoms with E-state index in [1.54, 1.807) is 0 Å². The summed E-state index contributed by atoms with van der Waals surface area (Å²) in [5.74, 6) is 7.33. The first-order valence-electron chi connectivity index (χ1n) is 8.35. The molecule has 2 atom stereocenters. The molecule has 0 aromatic rings. The third-order valence-corrected chi connectivity index (χ3v) is 5.34. The number of hydrogen-bond donors (Lipinski definition) is 2. The van der Waals surface area contributed by atoms with Gasteiger partial charge in [-0.05, 0) is 37.5 Å². The molecule has 0 saturated heterocycles. The zero-order valence-electron chi connectivity index (χ0n) is 12.6. The fraction of sp³-hybridized carbons (Fsp3) is 1.00. The molecule has 0 radical (unpaired) electrons. The second-order valence-electron chi connectivity index (χ2n) is 6.54. The van der Waals surface area contributed by atoms with Crippen LogP contribution in [-0.2, 0) is 4.74 Å². The Labute approximate surface area is 118 Å². The second kappa shape index (κ2) is 8.23. The van der Waals surface area contributed by atoms with Gasteiger partial charge < -0.3 is 4.74 Å². The molecule has 3 N–H and O–H groups in total. The molecule has 112 valence electrons. The van der Waals surface area contributed by atoms with Gasteiger partial charge in [-0.1, -0.05) is 44.9 Å². The summed E-state index contributed by atoms with van der Waals surface area (Å²) >= 11 is 0. The lowest BCUT2D eigenvalue weighted by molar-refractivity contribution is -0.0100. The van der Waals surface area contributed by atoms with Crippen LogP contribution in [0.15, 0.2) is 0 Å². The van der Waals surface area contributed by atoms with Crippen LogP contribution in [0.25, 0.3) is 0 Å². The zero-order valence-corrected chi connectivity index (χ0v) is 12.6. The van der Waals surface area contributed by atoms with Crippen molar-refractivity contribution in [2.75, 3.05) is 7.11 Å². The molecule has 3 heteroatoms. The van der Waals surface area contributed by atoms with Crippen molar-refractivity contribution >= 4 is 0 Å². The highest BCUT2D eigenvalue weighted by molar-refractivity contribution is 4.88. The summed E-state index contributed by atoms with van der Waals surface area (Å²) in [5.41, 5.74) is 3.12. The molecule has 0 aromatic carbocycles. The summed E-state index contributed by atoms with van der Waals surface area (Å²) in [6.07, 6.45) is 15.3. The van der Waals surface area contributed by atoms with Crippen LogP contribution in [0.3, 0.4) is 0 Å². The topological polar surface area (TPSA) is 47.3 Å². The highest BCUT2D eigenvalue weighted by Gasteiger charge is 2.34. The van der Waals surface area contributed by atoms with E-state index in [4.69, 9.17) is 10.6 Å². The fourth-order valence-corrected chi connectivity index (χ4v) is 4.26. The summed E-state index contributed by atoms with van der Waals surface area (Å²) in [6.45, 7) is 0. The minimum atomic E-state index is 0.313. The number of rotatable bonds is 5. The van der Waals surface area contributed by atoms with E-state index in [0.717, 1.165) is 0 Å². The molecule has 0 aliphatic heterocycles. The van der Waals surface area contributed by atoms with Crippen LogP contribution in [0.4, 0.5) is 0 Å². The molecule has 2 rings (SSSR count). The van der Waals surface area contributed by atoms with Gasteiger partial charge in [0.2, 0.25) is 0 Å². The summed E-state index contributed by atoms with van der Waals surface area (Å²) < 4.78 is 5.89. The average molecular weight is 268 g/mol. The van der Waals surface area contributed by atoms with Gasteiger partial charge in [0.1, 0.15) is 0 Å². The van der Waals surface area contributed by atoms with Gasteiger partial charge in [-0.15, -0.1) is 0 Å². The van der Waals surface area contributed by atoms with Gasteiger partial charge in [0, 0.05) is 7.11 Å². The molecule has 0 aromatic heterocycles. The third-order valence-electron chi connectivity index (χ3n) is 5.34. The van der Waals surface area contributed by atoms with Crippen molar-refractivity contribution < 1.29 is 4.74 Å². The number of ether oxygens (including phenoxy) is 1. The Morgan fingerprint density at radius 1 is 0.842 bits per heavy atom. The van der Waals surface area contributed by atoms with Crippen molar-refractivity contribution in [2.24, 2.45) is 17.7 Å². The van der Waals surface area contributed by atoms with E-state index in [9.17, 15) is 0 Å². The lowest BCUT2D eigenvalue weighted by atomic mass is 9.78. The number of hydrazine groups is 1. The van der Waals surface area contributed by atoms with Gasteiger partial charge >= 0.3 is 0 Å². The van der Waals surface area contributed by atoms with Gasteiger partial charge in [0.15, 0.2) is 0 Å². The van der Waals surface area contributed by atoms with Crippen LogP contribution >= 0.6 is 0 Å². The van der Waals surface area contributed by atoms with Crippen LogP contribution in [0.5, 0.6) is 0 Å². The van der Waals surface area contributed by atoms with E-state index in [2.05, 4.69) is 5.43 Å². The van der Waals surface area contributed by atoms with Gasteiger partial charge in [-0.25, -0.2) is 0 Å². The van der Waals surface area contributed by atoms with Crippen LogP contribution in [0.1, 0.15) is 70.6 Å². The van der Waals surface area contributed by atoms with Crippen molar-refractivity contribution in [3.8, 4) is 0 Å². The smallest absolute Gasteiger partial charge is 0.0768 e. The minimum absolute atomic E-state index is 0.313.